The standard InChI is InChI=1S/C22H21N5O4/c28-17-12-6-7-13-27(17)19(14-8-2-1-3-9-14)22(31)26-25-21(30)18-15-10-4-5-11-16(15)20(29)24-23-18/h1-5,8-11,19H,6-7,12-13H2,(H,24,29)(H,25,30)(H,26,31). The average Bonchev–Trinajstić information content (AvgIpc) is 2.80. The maximum Gasteiger partial charge on any atom is 0.290 e. The van der Waals surface area contributed by atoms with Crippen LogP contribution in [0.5, 0.6) is 0 Å². The van der Waals surface area contributed by atoms with Crippen LogP contribution in [-0.4, -0.2) is 39.4 Å². The van der Waals surface area contributed by atoms with E-state index in [0.29, 0.717) is 29.3 Å². The highest BCUT2D eigenvalue weighted by Gasteiger charge is 2.33. The lowest BCUT2D eigenvalue weighted by Gasteiger charge is -2.34. The first-order valence-corrected chi connectivity index (χ1v) is 9.98. The Morgan fingerprint density at radius 2 is 1.65 bits per heavy atom. The van der Waals surface area contributed by atoms with Gasteiger partial charge in [-0.1, -0.05) is 48.5 Å². The Labute approximate surface area is 177 Å². The lowest BCUT2D eigenvalue weighted by atomic mass is 10.0. The van der Waals surface area contributed by atoms with Crippen molar-refractivity contribution in [2.24, 2.45) is 0 Å². The van der Waals surface area contributed by atoms with E-state index < -0.39 is 23.4 Å². The van der Waals surface area contributed by atoms with Crippen LogP contribution in [0.3, 0.4) is 0 Å². The zero-order chi connectivity index (χ0) is 21.8. The van der Waals surface area contributed by atoms with Gasteiger partial charge in [0.1, 0.15) is 6.04 Å². The molecule has 9 nitrogen and oxygen atoms in total. The minimum absolute atomic E-state index is 0.0270. The molecule has 158 valence electrons. The molecule has 0 aliphatic carbocycles. The van der Waals surface area contributed by atoms with Gasteiger partial charge in [-0.3, -0.25) is 30.0 Å². The van der Waals surface area contributed by atoms with Gasteiger partial charge in [0.25, 0.3) is 17.4 Å². The smallest absolute Gasteiger partial charge is 0.290 e. The number of nitrogens with one attached hydrogen (secondary N) is 3. The first-order valence-electron chi connectivity index (χ1n) is 9.98. The van der Waals surface area contributed by atoms with Crippen molar-refractivity contribution in [2.75, 3.05) is 6.54 Å². The summed E-state index contributed by atoms with van der Waals surface area (Å²) in [5.74, 6) is -1.32. The summed E-state index contributed by atoms with van der Waals surface area (Å²) < 4.78 is 0. The largest absolute Gasteiger partial charge is 0.326 e. The van der Waals surface area contributed by atoms with E-state index in [1.807, 2.05) is 6.07 Å². The van der Waals surface area contributed by atoms with Crippen molar-refractivity contribution in [3.63, 3.8) is 0 Å². The van der Waals surface area contributed by atoms with Crippen LogP contribution in [0.1, 0.15) is 41.4 Å². The van der Waals surface area contributed by atoms with Crippen molar-refractivity contribution in [1.29, 1.82) is 0 Å². The molecule has 1 saturated heterocycles. The van der Waals surface area contributed by atoms with Crippen LogP contribution in [0.4, 0.5) is 0 Å². The predicted molar refractivity (Wildman–Crippen MR) is 113 cm³/mol. The zero-order valence-corrected chi connectivity index (χ0v) is 16.6. The fourth-order valence-electron chi connectivity index (χ4n) is 3.74. The Kier molecular flexibility index (Phi) is 5.74. The molecular weight excluding hydrogens is 398 g/mol. The molecule has 31 heavy (non-hydrogen) atoms. The van der Waals surface area contributed by atoms with Crippen LogP contribution < -0.4 is 16.4 Å². The molecule has 0 radical (unpaired) electrons. The van der Waals surface area contributed by atoms with Crippen molar-refractivity contribution in [3.8, 4) is 0 Å². The molecule has 2 heterocycles. The van der Waals surface area contributed by atoms with E-state index in [0.717, 1.165) is 12.8 Å². The predicted octanol–water partition coefficient (Wildman–Crippen LogP) is 1.44. The number of hydrazine groups is 1. The highest BCUT2D eigenvalue weighted by atomic mass is 16.2. The Hall–Kier alpha value is -4.01. The summed E-state index contributed by atoms with van der Waals surface area (Å²) in [7, 11) is 0. The fraction of sp³-hybridized carbons (Fsp3) is 0.227. The van der Waals surface area contributed by atoms with Crippen LogP contribution in [0, 0.1) is 0 Å². The van der Waals surface area contributed by atoms with Crippen LogP contribution >= 0.6 is 0 Å². The molecule has 9 heteroatoms. The van der Waals surface area contributed by atoms with E-state index in [9.17, 15) is 19.2 Å². The molecular formula is C22H21N5O4. The number of carbonyl (C=O) groups is 3. The number of likely N-dealkylation sites (tertiary alicyclic amines) is 1. The Morgan fingerprint density at radius 3 is 2.39 bits per heavy atom. The van der Waals surface area contributed by atoms with Crippen molar-refractivity contribution >= 4 is 28.5 Å². The maximum atomic E-state index is 13.0. The molecule has 0 saturated carbocycles. The molecule has 1 fully saturated rings. The summed E-state index contributed by atoms with van der Waals surface area (Å²) in [5, 5.41) is 6.79. The summed E-state index contributed by atoms with van der Waals surface area (Å²) in [6.45, 7) is 0.464. The number of fused-ring (bicyclic) bond motifs is 1. The van der Waals surface area contributed by atoms with Crippen molar-refractivity contribution in [3.05, 3.63) is 76.2 Å². The molecule has 3 N–H and O–H groups in total. The van der Waals surface area contributed by atoms with Crippen LogP contribution in [0.15, 0.2) is 59.4 Å². The first kappa shape index (κ1) is 20.3. The van der Waals surface area contributed by atoms with Crippen LogP contribution in [0.2, 0.25) is 0 Å². The highest BCUT2D eigenvalue weighted by molar-refractivity contribution is 6.05. The van der Waals surface area contributed by atoms with Gasteiger partial charge < -0.3 is 4.90 Å². The van der Waals surface area contributed by atoms with E-state index in [-0.39, 0.29) is 11.6 Å². The molecule has 1 aliphatic rings. The van der Waals surface area contributed by atoms with Gasteiger partial charge in [-0.05, 0) is 24.5 Å². The number of nitrogens with zero attached hydrogens (tertiary/aromatic N) is 2. The number of aromatic nitrogens is 2. The number of aromatic amines is 1. The summed E-state index contributed by atoms with van der Waals surface area (Å²) in [6.07, 6.45) is 1.98. The van der Waals surface area contributed by atoms with Crippen molar-refractivity contribution in [2.45, 2.75) is 25.3 Å². The Balaban J connectivity index is 1.56. The molecule has 1 atom stereocenters. The lowest BCUT2D eigenvalue weighted by Crippen LogP contribution is -2.50. The molecule has 3 amide bonds. The van der Waals surface area contributed by atoms with Gasteiger partial charge in [0.15, 0.2) is 5.69 Å². The summed E-state index contributed by atoms with van der Waals surface area (Å²) in [6, 6.07) is 14.6. The molecule has 1 unspecified atom stereocenters. The average molecular weight is 419 g/mol. The third-order valence-electron chi connectivity index (χ3n) is 5.25. The van der Waals surface area contributed by atoms with E-state index in [2.05, 4.69) is 21.0 Å². The van der Waals surface area contributed by atoms with E-state index in [1.165, 1.54) is 4.90 Å². The summed E-state index contributed by atoms with van der Waals surface area (Å²) in [4.78, 5) is 51.6. The number of piperidine rings is 1. The second kappa shape index (κ2) is 8.78. The molecule has 4 rings (SSSR count). The van der Waals surface area contributed by atoms with Gasteiger partial charge in [-0.2, -0.15) is 5.10 Å². The number of amides is 3. The quantitative estimate of drug-likeness (QED) is 0.552. The number of hydrogen-bond acceptors (Lipinski definition) is 5. The van der Waals surface area contributed by atoms with Gasteiger partial charge in [-0.15, -0.1) is 0 Å². The molecule has 3 aromatic rings. The van der Waals surface area contributed by atoms with Gasteiger partial charge in [0.2, 0.25) is 5.91 Å². The fourth-order valence-corrected chi connectivity index (χ4v) is 3.74. The minimum Gasteiger partial charge on any atom is -0.326 e. The second-order valence-electron chi connectivity index (χ2n) is 7.25. The van der Waals surface area contributed by atoms with Gasteiger partial charge in [-0.25, -0.2) is 5.10 Å². The highest BCUT2D eigenvalue weighted by Crippen LogP contribution is 2.25. The molecule has 0 spiro atoms. The molecule has 1 aliphatic heterocycles. The van der Waals surface area contributed by atoms with E-state index >= 15 is 0 Å². The zero-order valence-electron chi connectivity index (χ0n) is 16.6. The van der Waals surface area contributed by atoms with E-state index in [1.54, 1.807) is 48.5 Å². The lowest BCUT2D eigenvalue weighted by molar-refractivity contribution is -0.143. The normalized spacial score (nSPS) is 14.8. The van der Waals surface area contributed by atoms with E-state index in [4.69, 9.17) is 0 Å². The van der Waals surface area contributed by atoms with Crippen LogP contribution in [-0.2, 0) is 9.59 Å². The number of H-pyrrole nitrogens is 1. The van der Waals surface area contributed by atoms with Gasteiger partial charge in [0, 0.05) is 18.4 Å². The monoisotopic (exact) mass is 419 g/mol. The SMILES string of the molecule is O=C(NNC(=O)C(c1ccccc1)N1CCCCC1=O)c1n[nH]c(=O)c2ccccc12. The molecule has 1 aromatic heterocycles. The van der Waals surface area contributed by atoms with Crippen molar-refractivity contribution in [1.82, 2.24) is 25.9 Å². The molecule has 2 aromatic carbocycles. The Bertz CT molecular complexity index is 1190. The number of benzene rings is 2. The topological polar surface area (TPSA) is 124 Å². The van der Waals surface area contributed by atoms with Gasteiger partial charge in [0.05, 0.1) is 5.39 Å². The van der Waals surface area contributed by atoms with Crippen molar-refractivity contribution < 1.29 is 14.4 Å². The third kappa shape index (κ3) is 4.16. The summed E-state index contributed by atoms with van der Waals surface area (Å²) in [5.41, 5.74) is 4.98. The third-order valence-corrected chi connectivity index (χ3v) is 5.25. The second-order valence-corrected chi connectivity index (χ2v) is 7.25. The number of rotatable bonds is 4. The maximum absolute atomic E-state index is 13.0. The minimum atomic E-state index is -0.866. The Morgan fingerprint density at radius 1 is 0.935 bits per heavy atom. The number of carbonyl (C=O) groups excluding carboxylic acids is 3. The van der Waals surface area contributed by atoms with Crippen LogP contribution in [0.25, 0.3) is 10.8 Å². The molecule has 0 bridgehead atoms. The number of hydrogen-bond donors (Lipinski definition) is 3. The van der Waals surface area contributed by atoms with Gasteiger partial charge >= 0.3 is 0 Å². The summed E-state index contributed by atoms with van der Waals surface area (Å²) >= 11 is 0. The first-order chi connectivity index (χ1) is 15.1.